The van der Waals surface area contributed by atoms with E-state index in [0.717, 1.165) is 31.5 Å². The normalized spacial score (nSPS) is 30.2. The van der Waals surface area contributed by atoms with Gasteiger partial charge in [-0.1, -0.05) is 0 Å². The molecular weight excluding hydrogens is 531 g/mol. The number of methoxy groups -OCH3 is 2. The number of hydrogen-bond acceptors (Lipinski definition) is 7. The average Bonchev–Trinajstić information content (AvgIpc) is 3.47. The van der Waals surface area contributed by atoms with Crippen LogP contribution in [0.4, 0.5) is 18.0 Å². The highest BCUT2D eigenvalue weighted by Gasteiger charge is 2.60. The molecule has 4 aliphatic rings. The van der Waals surface area contributed by atoms with Gasteiger partial charge in [-0.3, -0.25) is 9.78 Å². The Morgan fingerprint density at radius 3 is 2.80 bits per heavy atom. The Labute approximate surface area is 232 Å². The van der Waals surface area contributed by atoms with E-state index in [9.17, 15) is 22.8 Å². The molecule has 0 bridgehead atoms. The zero-order chi connectivity index (χ0) is 28.5. The minimum Gasteiger partial charge on any atom is -0.447 e. The highest BCUT2D eigenvalue weighted by atomic mass is 19.4. The third-order valence-corrected chi connectivity index (χ3v) is 9.20. The monoisotopic (exact) mass is 569 g/mol. The summed E-state index contributed by atoms with van der Waals surface area (Å²) in [7, 11) is 3.22. The number of halogens is 3. The lowest BCUT2D eigenvalue weighted by Gasteiger charge is -2.37. The van der Waals surface area contributed by atoms with Crippen molar-refractivity contribution in [2.45, 2.75) is 50.9 Å². The number of ether oxygens (including phenoxy) is 4. The number of nitrogens with zero attached hydrogens (tertiary/aromatic N) is 3. The minimum absolute atomic E-state index is 0.0158. The number of hydrogen-bond donors (Lipinski definition) is 0. The summed E-state index contributed by atoms with van der Waals surface area (Å²) in [6.45, 7) is 2.77. The first-order valence-electron chi connectivity index (χ1n) is 14.0. The van der Waals surface area contributed by atoms with Gasteiger partial charge in [-0.15, -0.1) is 0 Å². The molecule has 3 fully saturated rings. The maximum Gasteiger partial charge on any atom is 0.417 e. The molecule has 1 aromatic rings. The van der Waals surface area contributed by atoms with Crippen LogP contribution in [0.2, 0.25) is 0 Å². The highest BCUT2D eigenvalue weighted by Crippen LogP contribution is 2.54. The molecule has 0 N–H and O–H groups in total. The number of fused-ring (bicyclic) bond motifs is 2. The summed E-state index contributed by atoms with van der Waals surface area (Å²) in [6.07, 6.45) is -0.477. The number of aromatic nitrogens is 1. The van der Waals surface area contributed by atoms with Crippen LogP contribution >= 0.6 is 0 Å². The molecule has 40 heavy (non-hydrogen) atoms. The van der Waals surface area contributed by atoms with Crippen LogP contribution in [0, 0.1) is 23.2 Å². The van der Waals surface area contributed by atoms with Crippen LogP contribution in [0.5, 0.6) is 0 Å². The molecule has 0 radical (unpaired) electrons. The van der Waals surface area contributed by atoms with E-state index in [-0.39, 0.29) is 50.2 Å². The lowest BCUT2D eigenvalue weighted by atomic mass is 9.78. The van der Waals surface area contributed by atoms with Gasteiger partial charge in [0, 0.05) is 65.3 Å². The topological polar surface area (TPSA) is 90.4 Å². The molecule has 222 valence electrons. The van der Waals surface area contributed by atoms with Crippen LogP contribution in [-0.2, 0) is 42.9 Å². The van der Waals surface area contributed by atoms with Crippen molar-refractivity contribution in [3.05, 3.63) is 29.1 Å². The standard InChI is InChI=1S/C28H38F3N3O6/c1-37-7-8-40-26(36)34-15-22-10-18(9-19-4-6-39-16-24(19)38-2)12-27(22,17-34)25(35)33-5-3-23-20(14-33)11-21(13-32-23)28(29,30)31/h11,13,18-19,22,24H,3-10,12,14-17H2,1-2H3/t18-,19?,22+,24?,27+/m1/s1. The summed E-state index contributed by atoms with van der Waals surface area (Å²) < 4.78 is 61.7. The summed E-state index contributed by atoms with van der Waals surface area (Å²) in [6, 6.07) is 1.11. The lowest BCUT2D eigenvalue weighted by molar-refractivity contribution is -0.144. The Bertz CT molecular complexity index is 1090. The second-order valence-electron chi connectivity index (χ2n) is 11.6. The maximum atomic E-state index is 14.3. The first-order valence-corrected chi connectivity index (χ1v) is 14.0. The molecule has 3 aliphatic heterocycles. The van der Waals surface area contributed by atoms with E-state index >= 15 is 0 Å². The number of rotatable bonds is 7. The van der Waals surface area contributed by atoms with Crippen LogP contribution in [0.15, 0.2) is 12.3 Å². The molecule has 0 spiro atoms. The smallest absolute Gasteiger partial charge is 0.417 e. The highest BCUT2D eigenvalue weighted by molar-refractivity contribution is 5.85. The second kappa shape index (κ2) is 11.8. The predicted molar refractivity (Wildman–Crippen MR) is 136 cm³/mol. The lowest BCUT2D eigenvalue weighted by Crippen LogP contribution is -2.49. The summed E-state index contributed by atoms with van der Waals surface area (Å²) in [5.74, 6) is 0.461. The van der Waals surface area contributed by atoms with Gasteiger partial charge in [-0.25, -0.2) is 4.79 Å². The largest absolute Gasteiger partial charge is 0.447 e. The number of carbonyl (C=O) groups excluding carboxylic acids is 2. The van der Waals surface area contributed by atoms with Crippen molar-refractivity contribution in [1.29, 1.82) is 0 Å². The Morgan fingerprint density at radius 1 is 1.23 bits per heavy atom. The van der Waals surface area contributed by atoms with E-state index in [1.165, 1.54) is 7.11 Å². The molecular formula is C28H38F3N3O6. The first kappa shape index (κ1) is 29.1. The first-order chi connectivity index (χ1) is 19.1. The maximum absolute atomic E-state index is 14.3. The molecule has 2 saturated heterocycles. The molecule has 12 heteroatoms. The van der Waals surface area contributed by atoms with E-state index in [4.69, 9.17) is 18.9 Å². The molecule has 1 saturated carbocycles. The summed E-state index contributed by atoms with van der Waals surface area (Å²) in [5, 5.41) is 0. The van der Waals surface area contributed by atoms with E-state index in [0.29, 0.717) is 56.3 Å². The fourth-order valence-corrected chi connectivity index (χ4v) is 7.24. The number of carbonyl (C=O) groups is 2. The molecule has 5 rings (SSSR count). The summed E-state index contributed by atoms with van der Waals surface area (Å²) in [5.41, 5.74) is -0.593. The fraction of sp³-hybridized carbons (Fsp3) is 0.750. The molecule has 1 aromatic heterocycles. The SMILES string of the molecule is COCCOC(=O)N1C[C@@H]2C[C@@H](CC3CCOCC3OC)C[C@]2(C(=O)N2CCc3ncc(C(F)(F)F)cc3C2)C1. The summed E-state index contributed by atoms with van der Waals surface area (Å²) in [4.78, 5) is 34.5. The fourth-order valence-electron chi connectivity index (χ4n) is 7.24. The number of pyridine rings is 1. The van der Waals surface area contributed by atoms with Gasteiger partial charge in [0.25, 0.3) is 0 Å². The van der Waals surface area contributed by atoms with Crippen molar-refractivity contribution in [3.8, 4) is 0 Å². The molecule has 5 atom stereocenters. The van der Waals surface area contributed by atoms with E-state index in [1.54, 1.807) is 16.9 Å². The zero-order valence-electron chi connectivity index (χ0n) is 23.1. The van der Waals surface area contributed by atoms with Crippen LogP contribution in [0.1, 0.15) is 42.5 Å². The Kier molecular flexibility index (Phi) is 8.58. The van der Waals surface area contributed by atoms with Gasteiger partial charge in [0.05, 0.1) is 30.3 Å². The molecule has 9 nitrogen and oxygen atoms in total. The van der Waals surface area contributed by atoms with Crippen LogP contribution in [0.25, 0.3) is 0 Å². The van der Waals surface area contributed by atoms with Crippen LogP contribution < -0.4 is 0 Å². The number of alkyl halides is 3. The van der Waals surface area contributed by atoms with Crippen molar-refractivity contribution in [3.63, 3.8) is 0 Å². The van der Waals surface area contributed by atoms with Crippen LogP contribution in [0.3, 0.4) is 0 Å². The third kappa shape index (κ3) is 5.80. The molecule has 4 heterocycles. The average molecular weight is 570 g/mol. The zero-order valence-corrected chi connectivity index (χ0v) is 23.1. The Balaban J connectivity index is 1.35. The van der Waals surface area contributed by atoms with Gasteiger partial charge in [0.15, 0.2) is 0 Å². The molecule has 1 aliphatic carbocycles. The molecule has 2 amide bonds. The minimum atomic E-state index is -4.50. The second-order valence-corrected chi connectivity index (χ2v) is 11.6. The van der Waals surface area contributed by atoms with Crippen molar-refractivity contribution in [1.82, 2.24) is 14.8 Å². The molecule has 0 aromatic carbocycles. The van der Waals surface area contributed by atoms with E-state index in [1.807, 2.05) is 0 Å². The van der Waals surface area contributed by atoms with Gasteiger partial charge in [0.1, 0.15) is 6.61 Å². The Hall–Kier alpha value is -2.44. The summed E-state index contributed by atoms with van der Waals surface area (Å²) >= 11 is 0. The van der Waals surface area contributed by atoms with Gasteiger partial charge < -0.3 is 28.7 Å². The van der Waals surface area contributed by atoms with E-state index in [2.05, 4.69) is 4.98 Å². The van der Waals surface area contributed by atoms with Crippen molar-refractivity contribution < 1.29 is 41.7 Å². The number of likely N-dealkylation sites (tertiary alicyclic amines) is 1. The van der Waals surface area contributed by atoms with E-state index < -0.39 is 23.2 Å². The van der Waals surface area contributed by atoms with Gasteiger partial charge >= 0.3 is 12.3 Å². The quantitative estimate of drug-likeness (QED) is 0.464. The van der Waals surface area contributed by atoms with Crippen molar-refractivity contribution in [2.75, 3.05) is 60.3 Å². The predicted octanol–water partition coefficient (Wildman–Crippen LogP) is 3.54. The number of amides is 2. The van der Waals surface area contributed by atoms with Gasteiger partial charge in [-0.05, 0) is 55.1 Å². The Morgan fingerprint density at radius 2 is 2.05 bits per heavy atom. The molecule has 2 unspecified atom stereocenters. The van der Waals surface area contributed by atoms with Gasteiger partial charge in [-0.2, -0.15) is 13.2 Å². The van der Waals surface area contributed by atoms with Crippen molar-refractivity contribution in [2.24, 2.45) is 23.2 Å². The van der Waals surface area contributed by atoms with Crippen LogP contribution in [-0.4, -0.2) is 93.2 Å². The third-order valence-electron chi connectivity index (χ3n) is 9.20. The van der Waals surface area contributed by atoms with Crippen molar-refractivity contribution >= 4 is 12.0 Å². The van der Waals surface area contributed by atoms with Gasteiger partial charge in [0.2, 0.25) is 5.91 Å².